The molecule has 2 rings (SSSR count). The third-order valence-corrected chi connectivity index (χ3v) is 3.55. The fourth-order valence-electron chi connectivity index (χ4n) is 2.36. The number of nitrogens with one attached hydrogen (secondary N) is 2. The molecule has 2 amide bonds. The van der Waals surface area contributed by atoms with E-state index in [1.807, 2.05) is 39.0 Å². The fraction of sp³-hybridized carbons (Fsp3) is 0.263. The van der Waals surface area contributed by atoms with Crippen molar-refractivity contribution in [2.75, 3.05) is 13.7 Å². The molecule has 0 aromatic heterocycles. The number of carbonyl (C=O) groups is 2. The predicted molar refractivity (Wildman–Crippen MR) is 94.8 cm³/mol. The summed E-state index contributed by atoms with van der Waals surface area (Å²) in [7, 11) is 1.54. The minimum Gasteiger partial charge on any atom is -0.496 e. The first-order valence-corrected chi connectivity index (χ1v) is 7.84. The molecule has 0 bridgehead atoms. The zero-order valence-electron chi connectivity index (χ0n) is 14.8. The number of hydrogen-bond acceptors (Lipinski definition) is 4. The summed E-state index contributed by atoms with van der Waals surface area (Å²) >= 11 is 0. The van der Waals surface area contributed by atoms with Crippen LogP contribution in [0.2, 0.25) is 0 Å². The van der Waals surface area contributed by atoms with E-state index in [2.05, 4.69) is 10.9 Å². The van der Waals surface area contributed by atoms with Gasteiger partial charge in [-0.2, -0.15) is 0 Å². The van der Waals surface area contributed by atoms with Gasteiger partial charge in [0.1, 0.15) is 11.5 Å². The predicted octanol–water partition coefficient (Wildman–Crippen LogP) is 2.46. The largest absolute Gasteiger partial charge is 0.496 e. The molecule has 0 saturated carbocycles. The van der Waals surface area contributed by atoms with Crippen molar-refractivity contribution in [2.24, 2.45) is 0 Å². The highest BCUT2D eigenvalue weighted by atomic mass is 16.5. The first-order valence-electron chi connectivity index (χ1n) is 7.84. The van der Waals surface area contributed by atoms with Crippen LogP contribution >= 0.6 is 0 Å². The van der Waals surface area contributed by atoms with Crippen LogP contribution in [-0.4, -0.2) is 25.5 Å². The molecule has 6 nitrogen and oxygen atoms in total. The summed E-state index contributed by atoms with van der Waals surface area (Å²) in [5, 5.41) is 0. The topological polar surface area (TPSA) is 76.7 Å². The summed E-state index contributed by atoms with van der Waals surface area (Å²) in [6.45, 7) is 5.60. The van der Waals surface area contributed by atoms with Crippen LogP contribution in [0.4, 0.5) is 0 Å². The Balaban J connectivity index is 1.86. The maximum Gasteiger partial charge on any atom is 0.276 e. The van der Waals surface area contributed by atoms with Crippen LogP contribution in [0.5, 0.6) is 11.5 Å². The third-order valence-electron chi connectivity index (χ3n) is 3.55. The van der Waals surface area contributed by atoms with E-state index in [1.165, 1.54) is 7.11 Å². The van der Waals surface area contributed by atoms with E-state index < -0.39 is 11.8 Å². The van der Waals surface area contributed by atoms with Crippen molar-refractivity contribution in [1.82, 2.24) is 10.9 Å². The van der Waals surface area contributed by atoms with Crippen LogP contribution in [0.25, 0.3) is 0 Å². The average Bonchev–Trinajstić information content (AvgIpc) is 2.57. The van der Waals surface area contributed by atoms with E-state index >= 15 is 0 Å². The molecule has 0 aliphatic carbocycles. The van der Waals surface area contributed by atoms with Crippen LogP contribution in [-0.2, 0) is 4.79 Å². The molecular formula is C19H22N2O4. The van der Waals surface area contributed by atoms with Gasteiger partial charge in [0.2, 0.25) is 0 Å². The van der Waals surface area contributed by atoms with Gasteiger partial charge in [-0.25, -0.2) is 0 Å². The highest BCUT2D eigenvalue weighted by molar-refractivity contribution is 5.95. The van der Waals surface area contributed by atoms with Crippen molar-refractivity contribution in [3.05, 3.63) is 58.7 Å². The Morgan fingerprint density at radius 2 is 1.64 bits per heavy atom. The average molecular weight is 342 g/mol. The van der Waals surface area contributed by atoms with Crippen LogP contribution in [0.1, 0.15) is 27.0 Å². The Morgan fingerprint density at radius 3 is 2.28 bits per heavy atom. The van der Waals surface area contributed by atoms with Crippen molar-refractivity contribution in [1.29, 1.82) is 0 Å². The number of hydrazine groups is 1. The lowest BCUT2D eigenvalue weighted by Crippen LogP contribution is -2.43. The molecule has 0 atom stereocenters. The molecular weight excluding hydrogens is 320 g/mol. The minimum atomic E-state index is -0.452. The van der Waals surface area contributed by atoms with Gasteiger partial charge in [-0.1, -0.05) is 12.1 Å². The second-order valence-electron chi connectivity index (χ2n) is 5.80. The lowest BCUT2D eigenvalue weighted by atomic mass is 10.1. The molecule has 25 heavy (non-hydrogen) atoms. The molecule has 2 aromatic rings. The second kappa shape index (κ2) is 8.19. The second-order valence-corrected chi connectivity index (χ2v) is 5.80. The quantitative estimate of drug-likeness (QED) is 0.819. The molecule has 0 radical (unpaired) electrons. The molecule has 0 spiro atoms. The summed E-state index contributed by atoms with van der Waals surface area (Å²) in [4.78, 5) is 23.9. The van der Waals surface area contributed by atoms with E-state index in [0.717, 1.165) is 16.7 Å². The van der Waals surface area contributed by atoms with E-state index in [4.69, 9.17) is 9.47 Å². The Kier molecular flexibility index (Phi) is 6.00. The Bertz CT molecular complexity index is 767. The van der Waals surface area contributed by atoms with Crippen molar-refractivity contribution in [2.45, 2.75) is 20.8 Å². The lowest BCUT2D eigenvalue weighted by Gasteiger charge is -2.11. The molecule has 2 N–H and O–H groups in total. The Morgan fingerprint density at radius 1 is 0.960 bits per heavy atom. The van der Waals surface area contributed by atoms with Gasteiger partial charge in [0.05, 0.1) is 7.11 Å². The van der Waals surface area contributed by atoms with Gasteiger partial charge in [-0.3, -0.25) is 20.4 Å². The summed E-state index contributed by atoms with van der Waals surface area (Å²) in [5.74, 6) is 0.337. The Hall–Kier alpha value is -3.02. The minimum absolute atomic E-state index is 0.194. The number of carbonyl (C=O) groups excluding carboxylic acids is 2. The SMILES string of the molecule is COc1cc(C(=O)NNC(=O)COc2cc(C)cc(C)c2)ccc1C. The lowest BCUT2D eigenvalue weighted by molar-refractivity contribution is -0.123. The number of ether oxygens (including phenoxy) is 2. The van der Waals surface area contributed by atoms with E-state index in [-0.39, 0.29) is 6.61 Å². The van der Waals surface area contributed by atoms with Gasteiger partial charge >= 0.3 is 0 Å². The van der Waals surface area contributed by atoms with Gasteiger partial charge in [0.15, 0.2) is 6.61 Å². The van der Waals surface area contributed by atoms with Crippen LogP contribution in [0.3, 0.4) is 0 Å². The maximum atomic E-state index is 12.1. The number of benzene rings is 2. The van der Waals surface area contributed by atoms with Crippen molar-refractivity contribution >= 4 is 11.8 Å². The molecule has 0 saturated heterocycles. The third kappa shape index (κ3) is 5.24. The highest BCUT2D eigenvalue weighted by Crippen LogP contribution is 2.18. The highest BCUT2D eigenvalue weighted by Gasteiger charge is 2.10. The van der Waals surface area contributed by atoms with E-state index in [9.17, 15) is 9.59 Å². The van der Waals surface area contributed by atoms with Gasteiger partial charge < -0.3 is 9.47 Å². The molecule has 0 fully saturated rings. The maximum absolute atomic E-state index is 12.1. The zero-order valence-corrected chi connectivity index (χ0v) is 14.8. The Labute approximate surface area is 147 Å². The van der Waals surface area contributed by atoms with Crippen LogP contribution in [0.15, 0.2) is 36.4 Å². The van der Waals surface area contributed by atoms with Crippen molar-refractivity contribution in [3.63, 3.8) is 0 Å². The first kappa shape index (κ1) is 18.3. The number of aryl methyl sites for hydroxylation is 3. The summed E-state index contributed by atoms with van der Waals surface area (Å²) in [6, 6.07) is 10.8. The standard InChI is InChI=1S/C19H22N2O4/c1-12-7-13(2)9-16(8-12)25-11-18(22)20-21-19(23)15-6-5-14(3)17(10-15)24-4/h5-10H,11H2,1-4H3,(H,20,22)(H,21,23). The summed E-state index contributed by atoms with van der Waals surface area (Å²) in [6.07, 6.45) is 0. The molecule has 2 aromatic carbocycles. The number of hydrogen-bond donors (Lipinski definition) is 2. The summed E-state index contributed by atoms with van der Waals surface area (Å²) in [5.41, 5.74) is 8.10. The normalized spacial score (nSPS) is 10.1. The monoisotopic (exact) mass is 342 g/mol. The molecule has 6 heteroatoms. The van der Waals surface area contributed by atoms with Gasteiger partial charge in [-0.15, -0.1) is 0 Å². The van der Waals surface area contributed by atoms with Crippen molar-refractivity contribution < 1.29 is 19.1 Å². The van der Waals surface area contributed by atoms with E-state index in [0.29, 0.717) is 17.1 Å². The van der Waals surface area contributed by atoms with E-state index in [1.54, 1.807) is 18.2 Å². The van der Waals surface area contributed by atoms with Gasteiger partial charge in [0.25, 0.3) is 11.8 Å². The number of methoxy groups -OCH3 is 1. The molecule has 132 valence electrons. The zero-order chi connectivity index (χ0) is 18.4. The first-order chi connectivity index (χ1) is 11.9. The number of amides is 2. The van der Waals surface area contributed by atoms with Crippen molar-refractivity contribution in [3.8, 4) is 11.5 Å². The van der Waals surface area contributed by atoms with Gasteiger partial charge in [0, 0.05) is 5.56 Å². The van der Waals surface area contributed by atoms with Gasteiger partial charge in [-0.05, 0) is 61.7 Å². The molecule has 0 heterocycles. The molecule has 0 aliphatic heterocycles. The number of rotatable bonds is 5. The summed E-state index contributed by atoms with van der Waals surface area (Å²) < 4.78 is 10.6. The van der Waals surface area contributed by atoms with Crippen LogP contribution < -0.4 is 20.3 Å². The van der Waals surface area contributed by atoms with Crippen LogP contribution in [0, 0.1) is 20.8 Å². The fourth-order valence-corrected chi connectivity index (χ4v) is 2.36. The smallest absolute Gasteiger partial charge is 0.276 e. The molecule has 0 unspecified atom stereocenters. The molecule has 0 aliphatic rings.